The maximum atomic E-state index is 11.3. The Kier molecular flexibility index (Phi) is 3.43. The number of hydrogen-bond donors (Lipinski definition) is 3. The summed E-state index contributed by atoms with van der Waals surface area (Å²) in [6.07, 6.45) is 0. The normalized spacial score (nSPS) is 24.0. The van der Waals surface area contributed by atoms with Gasteiger partial charge in [-0.15, -0.1) is 0 Å². The molecule has 0 radical (unpaired) electrons. The van der Waals surface area contributed by atoms with Crippen molar-refractivity contribution in [2.24, 2.45) is 0 Å². The van der Waals surface area contributed by atoms with Crippen LogP contribution in [0, 0.1) is 0 Å². The van der Waals surface area contributed by atoms with Gasteiger partial charge in [-0.3, -0.25) is 0 Å². The quantitative estimate of drug-likeness (QED) is 0.685. The van der Waals surface area contributed by atoms with Gasteiger partial charge in [0.25, 0.3) is 0 Å². The lowest BCUT2D eigenvalue weighted by Crippen LogP contribution is -2.54. The summed E-state index contributed by atoms with van der Waals surface area (Å²) in [6, 6.07) is 5.75. The Hall–Kier alpha value is -1.75. The van der Waals surface area contributed by atoms with E-state index in [2.05, 4.69) is 24.1 Å². The first-order valence-electron chi connectivity index (χ1n) is 6.11. The van der Waals surface area contributed by atoms with Gasteiger partial charge in [-0.25, -0.2) is 4.79 Å². The highest BCUT2D eigenvalue weighted by Crippen LogP contribution is 2.25. The van der Waals surface area contributed by atoms with Crippen LogP contribution in [0.3, 0.4) is 0 Å². The molecule has 18 heavy (non-hydrogen) atoms. The second-order valence-electron chi connectivity index (χ2n) is 4.96. The Labute approximate surface area is 107 Å². The third kappa shape index (κ3) is 2.56. The van der Waals surface area contributed by atoms with E-state index < -0.39 is 5.97 Å². The highest BCUT2D eigenvalue weighted by Gasteiger charge is 2.24. The Morgan fingerprint density at radius 1 is 1.39 bits per heavy atom. The summed E-state index contributed by atoms with van der Waals surface area (Å²) < 4.78 is 0. The van der Waals surface area contributed by atoms with Gasteiger partial charge < -0.3 is 21.1 Å². The van der Waals surface area contributed by atoms with Gasteiger partial charge in [-0.05, 0) is 32.0 Å². The number of nitrogens with two attached hydrogens (primary N) is 1. The topological polar surface area (TPSA) is 78.6 Å². The van der Waals surface area contributed by atoms with Gasteiger partial charge in [0.1, 0.15) is 0 Å². The van der Waals surface area contributed by atoms with Crippen molar-refractivity contribution in [3.05, 3.63) is 23.8 Å². The minimum Gasteiger partial charge on any atom is -0.478 e. The summed E-state index contributed by atoms with van der Waals surface area (Å²) in [5, 5.41) is 12.7. The van der Waals surface area contributed by atoms with Crippen LogP contribution in [0.4, 0.5) is 11.4 Å². The molecule has 1 aromatic carbocycles. The molecule has 1 saturated heterocycles. The Morgan fingerprint density at radius 3 is 2.56 bits per heavy atom. The molecular weight excluding hydrogens is 230 g/mol. The number of carbonyl (C=O) groups is 1. The first kappa shape index (κ1) is 12.7. The number of piperazine rings is 1. The molecule has 4 N–H and O–H groups in total. The number of nitrogens with zero attached hydrogens (tertiary/aromatic N) is 1. The van der Waals surface area contributed by atoms with Crippen molar-refractivity contribution in [3.8, 4) is 0 Å². The van der Waals surface area contributed by atoms with Crippen molar-refractivity contribution in [2.75, 3.05) is 23.7 Å². The van der Waals surface area contributed by atoms with Crippen molar-refractivity contribution in [1.29, 1.82) is 0 Å². The number of nitrogens with one attached hydrogen (secondary N) is 1. The molecule has 1 aliphatic heterocycles. The van der Waals surface area contributed by atoms with Crippen LogP contribution in [0.2, 0.25) is 0 Å². The van der Waals surface area contributed by atoms with Crippen LogP contribution in [-0.2, 0) is 0 Å². The molecule has 1 aliphatic rings. The Morgan fingerprint density at radius 2 is 2.00 bits per heavy atom. The molecule has 0 bridgehead atoms. The van der Waals surface area contributed by atoms with E-state index in [-0.39, 0.29) is 5.56 Å². The number of carboxylic acid groups (broad SMARTS) is 1. The van der Waals surface area contributed by atoms with Crippen molar-refractivity contribution < 1.29 is 9.90 Å². The summed E-state index contributed by atoms with van der Waals surface area (Å²) in [6.45, 7) is 5.80. The summed E-state index contributed by atoms with van der Waals surface area (Å²) in [5.74, 6) is -0.934. The van der Waals surface area contributed by atoms with E-state index in [9.17, 15) is 9.90 Å². The molecule has 1 aromatic rings. The number of aromatic carboxylic acids is 1. The van der Waals surface area contributed by atoms with Gasteiger partial charge >= 0.3 is 5.97 Å². The molecule has 2 rings (SSSR count). The molecule has 0 aromatic heterocycles. The molecule has 2 unspecified atom stereocenters. The van der Waals surface area contributed by atoms with Gasteiger partial charge in [0.05, 0.1) is 11.3 Å². The zero-order valence-electron chi connectivity index (χ0n) is 10.7. The van der Waals surface area contributed by atoms with Gasteiger partial charge in [-0.2, -0.15) is 0 Å². The Balaban J connectivity index is 2.35. The van der Waals surface area contributed by atoms with E-state index in [1.165, 1.54) is 6.07 Å². The predicted octanol–water partition coefficient (Wildman–Crippen LogP) is 1.15. The van der Waals surface area contributed by atoms with Gasteiger partial charge in [-0.1, -0.05) is 0 Å². The lowest BCUT2D eigenvalue weighted by atomic mass is 10.1. The summed E-state index contributed by atoms with van der Waals surface area (Å²) >= 11 is 0. The minimum atomic E-state index is -0.934. The van der Waals surface area contributed by atoms with E-state index in [1.807, 2.05) is 0 Å². The molecule has 1 fully saturated rings. The minimum absolute atomic E-state index is 0.274. The molecule has 5 heteroatoms. The zero-order valence-corrected chi connectivity index (χ0v) is 10.7. The van der Waals surface area contributed by atoms with Crippen LogP contribution in [0.15, 0.2) is 18.2 Å². The fourth-order valence-corrected chi connectivity index (χ4v) is 2.52. The smallest absolute Gasteiger partial charge is 0.337 e. The summed E-state index contributed by atoms with van der Waals surface area (Å²) in [5.41, 5.74) is 7.16. The first-order valence-corrected chi connectivity index (χ1v) is 6.11. The average molecular weight is 249 g/mol. The van der Waals surface area contributed by atoms with Gasteiger partial charge in [0.2, 0.25) is 0 Å². The average Bonchev–Trinajstić information content (AvgIpc) is 2.27. The number of benzene rings is 1. The highest BCUT2D eigenvalue weighted by atomic mass is 16.4. The van der Waals surface area contributed by atoms with Crippen LogP contribution in [0.1, 0.15) is 24.2 Å². The third-order valence-electron chi connectivity index (χ3n) is 3.15. The molecule has 98 valence electrons. The third-order valence-corrected chi connectivity index (χ3v) is 3.15. The van der Waals surface area contributed by atoms with Crippen LogP contribution in [-0.4, -0.2) is 36.2 Å². The number of nitrogen functional groups attached to an aromatic ring is 1. The zero-order chi connectivity index (χ0) is 13.3. The van der Waals surface area contributed by atoms with Crippen molar-refractivity contribution >= 4 is 17.3 Å². The molecular formula is C13H19N3O2. The molecule has 5 nitrogen and oxygen atoms in total. The van der Waals surface area contributed by atoms with E-state index in [1.54, 1.807) is 12.1 Å². The van der Waals surface area contributed by atoms with E-state index in [4.69, 9.17) is 5.73 Å². The predicted molar refractivity (Wildman–Crippen MR) is 72.1 cm³/mol. The first-order chi connectivity index (χ1) is 8.47. The molecule has 0 amide bonds. The molecule has 2 atom stereocenters. The highest BCUT2D eigenvalue weighted by molar-refractivity contribution is 5.95. The van der Waals surface area contributed by atoms with Crippen LogP contribution in [0.25, 0.3) is 0 Å². The monoisotopic (exact) mass is 249 g/mol. The van der Waals surface area contributed by atoms with Crippen molar-refractivity contribution in [1.82, 2.24) is 5.32 Å². The summed E-state index contributed by atoms with van der Waals surface area (Å²) in [4.78, 5) is 13.4. The standard InChI is InChI=1S/C13H19N3O2/c1-8-6-16(7-9(2)15-8)12-4-3-10(14)5-11(12)13(17)18/h3-5,8-9,15H,6-7,14H2,1-2H3,(H,17,18). The lowest BCUT2D eigenvalue weighted by molar-refractivity contribution is 0.0697. The molecule has 0 saturated carbocycles. The Bertz CT molecular complexity index is 452. The van der Waals surface area contributed by atoms with Crippen LogP contribution < -0.4 is 16.0 Å². The van der Waals surface area contributed by atoms with Gasteiger partial charge in [0, 0.05) is 30.9 Å². The molecule has 0 aliphatic carbocycles. The number of anilines is 2. The van der Waals surface area contributed by atoms with Crippen LogP contribution >= 0.6 is 0 Å². The maximum Gasteiger partial charge on any atom is 0.337 e. The molecule has 1 heterocycles. The fraction of sp³-hybridized carbons (Fsp3) is 0.462. The van der Waals surface area contributed by atoms with E-state index in [0.717, 1.165) is 18.8 Å². The second-order valence-corrected chi connectivity index (χ2v) is 4.96. The summed E-state index contributed by atoms with van der Waals surface area (Å²) in [7, 11) is 0. The maximum absolute atomic E-state index is 11.3. The van der Waals surface area contributed by atoms with E-state index >= 15 is 0 Å². The van der Waals surface area contributed by atoms with Crippen molar-refractivity contribution in [2.45, 2.75) is 25.9 Å². The number of hydrogen-bond acceptors (Lipinski definition) is 4. The SMILES string of the molecule is CC1CN(c2ccc(N)cc2C(=O)O)CC(C)N1. The number of carboxylic acids is 1. The fourth-order valence-electron chi connectivity index (χ4n) is 2.52. The number of rotatable bonds is 2. The molecule has 0 spiro atoms. The van der Waals surface area contributed by atoms with Gasteiger partial charge in [0.15, 0.2) is 0 Å². The van der Waals surface area contributed by atoms with E-state index in [0.29, 0.717) is 17.8 Å². The lowest BCUT2D eigenvalue weighted by Gasteiger charge is -2.38. The second kappa shape index (κ2) is 4.86. The van der Waals surface area contributed by atoms with Crippen LogP contribution in [0.5, 0.6) is 0 Å². The largest absolute Gasteiger partial charge is 0.478 e. The van der Waals surface area contributed by atoms with Crippen molar-refractivity contribution in [3.63, 3.8) is 0 Å².